The highest BCUT2D eigenvalue weighted by molar-refractivity contribution is 9.11. The zero-order valence-electron chi connectivity index (χ0n) is 10.6. The fourth-order valence-electron chi connectivity index (χ4n) is 1.90. The first-order valence-corrected chi connectivity index (χ1v) is 10.0. The van der Waals surface area contributed by atoms with Gasteiger partial charge in [0.15, 0.2) is 0 Å². The van der Waals surface area contributed by atoms with Gasteiger partial charge in [-0.2, -0.15) is 21.7 Å². The molecule has 4 nitrogen and oxygen atoms in total. The molecule has 1 saturated heterocycles. The van der Waals surface area contributed by atoms with Crippen molar-refractivity contribution in [2.45, 2.75) is 23.8 Å². The lowest BCUT2D eigenvalue weighted by atomic mass is 10.0. The van der Waals surface area contributed by atoms with E-state index < -0.39 is 15.6 Å². The third-order valence-corrected chi connectivity index (χ3v) is 7.61. The zero-order chi connectivity index (χ0) is 15.0. The Hall–Kier alpha value is -0.0700. The minimum absolute atomic E-state index is 0.140. The maximum atomic E-state index is 12.5. The van der Waals surface area contributed by atoms with Crippen molar-refractivity contribution >= 4 is 53.6 Å². The third-order valence-electron chi connectivity index (χ3n) is 3.07. The summed E-state index contributed by atoms with van der Waals surface area (Å²) in [5, 5.41) is 9.28. The van der Waals surface area contributed by atoms with Crippen molar-refractivity contribution in [1.29, 1.82) is 5.26 Å². The standard InChI is InChI=1S/C12H12Br2N2O2S2/c1-8-4-10(14)11(5-9(8)13)20(17,18)16-12(6-15)2-3-19-7-12/h4-5,16H,2-3,7H2,1H3. The Morgan fingerprint density at radius 2 is 2.10 bits per heavy atom. The van der Waals surface area contributed by atoms with Crippen LogP contribution in [0.3, 0.4) is 0 Å². The van der Waals surface area contributed by atoms with Crippen molar-refractivity contribution in [2.75, 3.05) is 11.5 Å². The van der Waals surface area contributed by atoms with Crippen molar-refractivity contribution < 1.29 is 8.42 Å². The van der Waals surface area contributed by atoms with Crippen LogP contribution in [0.25, 0.3) is 0 Å². The molecule has 1 aromatic carbocycles. The van der Waals surface area contributed by atoms with Crippen molar-refractivity contribution in [3.63, 3.8) is 0 Å². The SMILES string of the molecule is Cc1cc(Br)c(S(=O)(=O)NC2(C#N)CCSC2)cc1Br. The molecule has 1 aromatic rings. The van der Waals surface area contributed by atoms with Crippen LogP contribution in [0.15, 0.2) is 26.0 Å². The number of nitriles is 1. The minimum Gasteiger partial charge on any atom is -0.207 e. The largest absolute Gasteiger partial charge is 0.243 e. The molecule has 1 unspecified atom stereocenters. The quantitative estimate of drug-likeness (QED) is 0.784. The molecule has 20 heavy (non-hydrogen) atoms. The maximum absolute atomic E-state index is 12.5. The Labute approximate surface area is 139 Å². The van der Waals surface area contributed by atoms with Gasteiger partial charge in [-0.25, -0.2) is 8.42 Å². The number of rotatable bonds is 3. The van der Waals surface area contributed by atoms with Gasteiger partial charge in [0.1, 0.15) is 5.54 Å². The molecule has 1 heterocycles. The summed E-state index contributed by atoms with van der Waals surface area (Å²) in [6.07, 6.45) is 0.526. The molecular weight excluding hydrogens is 428 g/mol. The average Bonchev–Trinajstić information content (AvgIpc) is 2.82. The number of benzene rings is 1. The number of halogens is 2. The Balaban J connectivity index is 2.41. The highest BCUT2D eigenvalue weighted by Crippen LogP contribution is 2.32. The van der Waals surface area contributed by atoms with Crippen LogP contribution in [0.2, 0.25) is 0 Å². The summed E-state index contributed by atoms with van der Waals surface area (Å²) in [5.41, 5.74) is -0.0671. The van der Waals surface area contributed by atoms with Crippen molar-refractivity contribution in [3.05, 3.63) is 26.6 Å². The molecule has 0 radical (unpaired) electrons. The molecule has 0 aromatic heterocycles. The smallest absolute Gasteiger partial charge is 0.207 e. The summed E-state index contributed by atoms with van der Waals surface area (Å²) in [6.45, 7) is 1.88. The van der Waals surface area contributed by atoms with E-state index in [0.717, 1.165) is 11.3 Å². The van der Waals surface area contributed by atoms with Gasteiger partial charge in [-0.05, 0) is 52.7 Å². The topological polar surface area (TPSA) is 70.0 Å². The number of nitrogens with one attached hydrogen (secondary N) is 1. The van der Waals surface area contributed by atoms with Gasteiger partial charge < -0.3 is 0 Å². The molecule has 0 aliphatic carbocycles. The summed E-state index contributed by atoms with van der Waals surface area (Å²) >= 11 is 8.19. The molecule has 0 bridgehead atoms. The van der Waals surface area contributed by atoms with Gasteiger partial charge >= 0.3 is 0 Å². The van der Waals surface area contributed by atoms with Crippen LogP contribution in [0.1, 0.15) is 12.0 Å². The molecule has 1 fully saturated rings. The normalized spacial score (nSPS) is 22.7. The molecule has 1 atom stereocenters. The lowest BCUT2D eigenvalue weighted by molar-refractivity contribution is 0.514. The van der Waals surface area contributed by atoms with E-state index in [9.17, 15) is 13.7 Å². The first kappa shape index (κ1) is 16.3. The number of hydrogen-bond donors (Lipinski definition) is 1. The lowest BCUT2D eigenvalue weighted by Gasteiger charge is -2.21. The lowest BCUT2D eigenvalue weighted by Crippen LogP contribution is -2.47. The molecule has 1 aliphatic heterocycles. The van der Waals surface area contributed by atoms with Gasteiger partial charge in [-0.1, -0.05) is 15.9 Å². The van der Waals surface area contributed by atoms with Gasteiger partial charge in [0.05, 0.1) is 11.0 Å². The second-order valence-electron chi connectivity index (χ2n) is 4.63. The first-order chi connectivity index (χ1) is 9.30. The van der Waals surface area contributed by atoms with E-state index in [1.165, 1.54) is 0 Å². The maximum Gasteiger partial charge on any atom is 0.243 e. The predicted molar refractivity (Wildman–Crippen MR) is 87.2 cm³/mol. The number of thioether (sulfide) groups is 1. The predicted octanol–water partition coefficient (Wildman–Crippen LogP) is 3.20. The van der Waals surface area contributed by atoms with E-state index in [1.54, 1.807) is 23.9 Å². The summed E-state index contributed by atoms with van der Waals surface area (Å²) in [6, 6.07) is 5.40. The first-order valence-electron chi connectivity index (χ1n) is 5.78. The summed E-state index contributed by atoms with van der Waals surface area (Å²) in [4.78, 5) is 0.140. The summed E-state index contributed by atoms with van der Waals surface area (Å²) in [7, 11) is -3.75. The average molecular weight is 440 g/mol. The van der Waals surface area contributed by atoms with E-state index in [0.29, 0.717) is 21.1 Å². The van der Waals surface area contributed by atoms with Crippen LogP contribution in [0.5, 0.6) is 0 Å². The van der Waals surface area contributed by atoms with Crippen LogP contribution in [0.4, 0.5) is 0 Å². The van der Waals surface area contributed by atoms with Crippen LogP contribution in [-0.4, -0.2) is 25.5 Å². The van der Waals surface area contributed by atoms with Gasteiger partial charge in [-0.3, -0.25) is 0 Å². The van der Waals surface area contributed by atoms with Crippen molar-refractivity contribution in [2.24, 2.45) is 0 Å². The Bertz CT molecular complexity index is 677. The molecule has 1 aliphatic rings. The van der Waals surface area contributed by atoms with E-state index in [1.807, 2.05) is 6.92 Å². The summed E-state index contributed by atoms with van der Waals surface area (Å²) in [5.74, 6) is 1.27. The summed E-state index contributed by atoms with van der Waals surface area (Å²) < 4.78 is 28.8. The molecular formula is C12H12Br2N2O2S2. The van der Waals surface area contributed by atoms with Crippen LogP contribution >= 0.6 is 43.6 Å². The highest BCUT2D eigenvalue weighted by Gasteiger charge is 2.39. The Morgan fingerprint density at radius 1 is 1.40 bits per heavy atom. The Morgan fingerprint density at radius 3 is 2.65 bits per heavy atom. The highest BCUT2D eigenvalue weighted by atomic mass is 79.9. The minimum atomic E-state index is -3.75. The number of sulfonamides is 1. The van der Waals surface area contributed by atoms with Crippen LogP contribution in [-0.2, 0) is 10.0 Å². The zero-order valence-corrected chi connectivity index (χ0v) is 15.4. The van der Waals surface area contributed by atoms with Crippen LogP contribution < -0.4 is 4.72 Å². The van der Waals surface area contributed by atoms with Gasteiger partial charge in [0.2, 0.25) is 10.0 Å². The van der Waals surface area contributed by atoms with Crippen molar-refractivity contribution in [1.82, 2.24) is 4.72 Å². The fraction of sp³-hybridized carbons (Fsp3) is 0.417. The van der Waals surface area contributed by atoms with E-state index in [-0.39, 0.29) is 4.90 Å². The monoisotopic (exact) mass is 438 g/mol. The molecule has 0 spiro atoms. The molecule has 0 amide bonds. The fourth-order valence-corrected chi connectivity index (χ4v) is 6.29. The molecule has 0 saturated carbocycles. The van der Waals surface area contributed by atoms with Crippen LogP contribution in [0, 0.1) is 18.3 Å². The molecule has 8 heteroatoms. The second kappa shape index (κ2) is 5.97. The van der Waals surface area contributed by atoms with E-state index in [4.69, 9.17) is 0 Å². The number of aryl methyl sites for hydroxylation is 1. The van der Waals surface area contributed by atoms with E-state index in [2.05, 4.69) is 42.7 Å². The third kappa shape index (κ3) is 3.22. The van der Waals surface area contributed by atoms with E-state index >= 15 is 0 Å². The van der Waals surface area contributed by atoms with Gasteiger partial charge in [0, 0.05) is 14.7 Å². The Kier molecular flexibility index (Phi) is 4.87. The number of hydrogen-bond acceptors (Lipinski definition) is 4. The second-order valence-corrected chi connectivity index (χ2v) is 9.10. The van der Waals surface area contributed by atoms with Crippen molar-refractivity contribution in [3.8, 4) is 6.07 Å². The molecule has 2 rings (SSSR count). The molecule has 108 valence electrons. The van der Waals surface area contributed by atoms with Gasteiger partial charge in [0.25, 0.3) is 0 Å². The molecule has 1 N–H and O–H groups in total. The van der Waals surface area contributed by atoms with Gasteiger partial charge in [-0.15, -0.1) is 0 Å². The number of nitrogens with zero attached hydrogens (tertiary/aromatic N) is 1.